The number of carbonyl (C=O) groups excluding carboxylic acids is 1. The molecule has 1 atom stereocenters. The van der Waals surface area contributed by atoms with Gasteiger partial charge in [-0.05, 0) is 37.9 Å². The molecule has 2 aliphatic carbocycles. The molecule has 3 fully saturated rings. The predicted molar refractivity (Wildman–Crippen MR) is 78.8 cm³/mol. The number of hydrogen-bond donors (Lipinski definition) is 1. The van der Waals surface area contributed by atoms with Crippen molar-refractivity contribution in [1.29, 1.82) is 0 Å². The van der Waals surface area contributed by atoms with Gasteiger partial charge < -0.3 is 10.2 Å². The number of likely N-dealkylation sites (tertiary alicyclic amines) is 1. The van der Waals surface area contributed by atoms with E-state index in [0.717, 1.165) is 32.5 Å². The molecule has 1 amide bonds. The van der Waals surface area contributed by atoms with Gasteiger partial charge in [-0.15, -0.1) is 0 Å². The van der Waals surface area contributed by atoms with Crippen LogP contribution in [-0.4, -0.2) is 41.9 Å². The first-order valence-corrected chi connectivity index (χ1v) is 7.96. The highest BCUT2D eigenvalue weighted by molar-refractivity contribution is 5.94. The molecule has 0 aromatic heterocycles. The smallest absolute Gasteiger partial charge is 0.268 e. The summed E-state index contributed by atoms with van der Waals surface area (Å²) in [6, 6.07) is 8.48. The first kappa shape index (κ1) is 14.1. The first-order valence-electron chi connectivity index (χ1n) is 7.96. The summed E-state index contributed by atoms with van der Waals surface area (Å²) in [5.74, 6) is -3.44. The number of nitrogens with zero attached hydrogens (tertiary/aromatic N) is 1. The predicted octanol–water partition coefficient (Wildman–Crippen LogP) is 2.32. The van der Waals surface area contributed by atoms with Crippen LogP contribution < -0.4 is 5.32 Å². The van der Waals surface area contributed by atoms with E-state index < -0.39 is 17.2 Å². The third kappa shape index (κ3) is 2.06. The number of hydrogen-bond acceptors (Lipinski definition) is 2. The van der Waals surface area contributed by atoms with Crippen LogP contribution in [0.2, 0.25) is 0 Å². The zero-order chi connectivity index (χ0) is 15.4. The van der Waals surface area contributed by atoms with Gasteiger partial charge >= 0.3 is 0 Å². The summed E-state index contributed by atoms with van der Waals surface area (Å²) in [6.07, 6.45) is 2.60. The summed E-state index contributed by atoms with van der Waals surface area (Å²) in [4.78, 5) is 15.0. The monoisotopic (exact) mass is 306 g/mol. The first-order chi connectivity index (χ1) is 10.5. The van der Waals surface area contributed by atoms with Gasteiger partial charge in [-0.25, -0.2) is 8.78 Å². The van der Waals surface area contributed by atoms with E-state index in [4.69, 9.17) is 0 Å². The maximum Gasteiger partial charge on any atom is 0.268 e. The molecule has 1 N–H and O–H groups in total. The van der Waals surface area contributed by atoms with Crippen LogP contribution in [-0.2, 0) is 10.2 Å². The number of alkyl halides is 2. The third-order valence-electron chi connectivity index (χ3n) is 5.35. The van der Waals surface area contributed by atoms with Crippen LogP contribution in [0.4, 0.5) is 8.78 Å². The van der Waals surface area contributed by atoms with Gasteiger partial charge in [-0.3, -0.25) is 4.79 Å². The van der Waals surface area contributed by atoms with Crippen LogP contribution in [0.15, 0.2) is 30.3 Å². The molecular formula is C17H20F2N2O. The lowest BCUT2D eigenvalue weighted by Gasteiger charge is -2.35. The summed E-state index contributed by atoms with van der Waals surface area (Å²) < 4.78 is 28.1. The van der Waals surface area contributed by atoms with E-state index in [1.54, 1.807) is 30.3 Å². The minimum atomic E-state index is -2.94. The number of amides is 1. The molecule has 0 bridgehead atoms. The van der Waals surface area contributed by atoms with E-state index in [0.29, 0.717) is 5.56 Å². The Kier molecular flexibility index (Phi) is 2.89. The van der Waals surface area contributed by atoms with Crippen molar-refractivity contribution in [2.75, 3.05) is 19.6 Å². The summed E-state index contributed by atoms with van der Waals surface area (Å²) in [6.45, 7) is 2.91. The van der Waals surface area contributed by atoms with Crippen molar-refractivity contribution in [3.05, 3.63) is 35.9 Å². The van der Waals surface area contributed by atoms with Crippen molar-refractivity contribution in [1.82, 2.24) is 10.2 Å². The molecule has 3 aliphatic rings. The molecule has 1 aromatic carbocycles. The number of rotatable bonds is 5. The van der Waals surface area contributed by atoms with Crippen molar-refractivity contribution in [3.63, 3.8) is 0 Å². The molecule has 0 spiro atoms. The number of carbonyl (C=O) groups is 1. The molecule has 1 unspecified atom stereocenters. The average molecular weight is 306 g/mol. The van der Waals surface area contributed by atoms with Gasteiger partial charge in [0.2, 0.25) is 5.91 Å². The number of benzene rings is 1. The Morgan fingerprint density at radius 1 is 1.18 bits per heavy atom. The van der Waals surface area contributed by atoms with E-state index in [9.17, 15) is 13.6 Å². The van der Waals surface area contributed by atoms with Crippen molar-refractivity contribution in [2.45, 2.75) is 42.6 Å². The molecular weight excluding hydrogens is 286 g/mol. The molecule has 118 valence electrons. The molecule has 2 saturated carbocycles. The van der Waals surface area contributed by atoms with E-state index in [1.807, 2.05) is 0 Å². The van der Waals surface area contributed by atoms with Crippen LogP contribution in [0.5, 0.6) is 0 Å². The topological polar surface area (TPSA) is 32.3 Å². The van der Waals surface area contributed by atoms with Gasteiger partial charge in [0, 0.05) is 13.0 Å². The molecule has 4 rings (SSSR count). The maximum atomic E-state index is 14.1. The third-order valence-corrected chi connectivity index (χ3v) is 5.35. The summed E-state index contributed by atoms with van der Waals surface area (Å²) in [7, 11) is 0. The lowest BCUT2D eigenvalue weighted by Crippen LogP contribution is -2.53. The summed E-state index contributed by atoms with van der Waals surface area (Å²) >= 11 is 0. The molecule has 22 heavy (non-hydrogen) atoms. The van der Waals surface area contributed by atoms with E-state index in [2.05, 4.69) is 10.2 Å². The standard InChI is InChI=1S/C17H20F2N2O/c18-17(19)11-16(17,13-5-2-1-3-6-13)14(22)20-15(7-8-15)12-21-9-4-10-21/h1-3,5-6H,4,7-12H2,(H,20,22). The highest BCUT2D eigenvalue weighted by atomic mass is 19.3. The van der Waals surface area contributed by atoms with Crippen LogP contribution in [0.3, 0.4) is 0 Å². The second kappa shape index (κ2) is 4.51. The highest BCUT2D eigenvalue weighted by Crippen LogP contribution is 2.62. The molecule has 5 heteroatoms. The Labute approximate surface area is 128 Å². The van der Waals surface area contributed by atoms with E-state index in [1.165, 1.54) is 6.42 Å². The van der Waals surface area contributed by atoms with Crippen LogP contribution in [0.1, 0.15) is 31.2 Å². The molecule has 0 radical (unpaired) electrons. The van der Waals surface area contributed by atoms with Gasteiger partial charge in [0.25, 0.3) is 5.92 Å². The fourth-order valence-corrected chi connectivity index (χ4v) is 3.49. The van der Waals surface area contributed by atoms with Crippen LogP contribution >= 0.6 is 0 Å². The Hall–Kier alpha value is -1.49. The molecule has 3 nitrogen and oxygen atoms in total. The summed E-state index contributed by atoms with van der Waals surface area (Å²) in [5, 5.41) is 2.96. The van der Waals surface area contributed by atoms with Gasteiger partial charge in [-0.2, -0.15) is 0 Å². The van der Waals surface area contributed by atoms with E-state index in [-0.39, 0.29) is 12.0 Å². The van der Waals surface area contributed by atoms with Crippen molar-refractivity contribution in [3.8, 4) is 0 Å². The molecule has 1 saturated heterocycles. The van der Waals surface area contributed by atoms with Gasteiger partial charge in [0.15, 0.2) is 0 Å². The zero-order valence-corrected chi connectivity index (χ0v) is 12.4. The fourth-order valence-electron chi connectivity index (χ4n) is 3.49. The second-order valence-corrected chi connectivity index (χ2v) is 7.02. The van der Waals surface area contributed by atoms with E-state index >= 15 is 0 Å². The minimum absolute atomic E-state index is 0.266. The van der Waals surface area contributed by atoms with Crippen molar-refractivity contribution >= 4 is 5.91 Å². The average Bonchev–Trinajstić information content (AvgIpc) is 3.32. The Morgan fingerprint density at radius 3 is 2.27 bits per heavy atom. The minimum Gasteiger partial charge on any atom is -0.348 e. The molecule has 1 aromatic rings. The fraction of sp³-hybridized carbons (Fsp3) is 0.588. The molecule has 1 aliphatic heterocycles. The van der Waals surface area contributed by atoms with Gasteiger partial charge in [-0.1, -0.05) is 30.3 Å². The second-order valence-electron chi connectivity index (χ2n) is 7.02. The van der Waals surface area contributed by atoms with Crippen LogP contribution in [0.25, 0.3) is 0 Å². The molecule has 1 heterocycles. The lowest BCUT2D eigenvalue weighted by molar-refractivity contribution is -0.127. The summed E-state index contributed by atoms with van der Waals surface area (Å²) in [5.41, 5.74) is -1.49. The highest BCUT2D eigenvalue weighted by Gasteiger charge is 2.77. The van der Waals surface area contributed by atoms with Crippen LogP contribution in [0, 0.1) is 0 Å². The Bertz CT molecular complexity index is 596. The van der Waals surface area contributed by atoms with Crippen molar-refractivity contribution < 1.29 is 13.6 Å². The maximum absolute atomic E-state index is 14.1. The van der Waals surface area contributed by atoms with Gasteiger partial charge in [0.05, 0.1) is 5.54 Å². The SMILES string of the molecule is O=C(NC1(CN2CCC2)CC1)C1(c2ccccc2)CC1(F)F. The zero-order valence-electron chi connectivity index (χ0n) is 12.4. The number of halogens is 2. The Morgan fingerprint density at radius 2 is 1.82 bits per heavy atom. The normalized spacial score (nSPS) is 31.2. The Balaban J connectivity index is 1.53. The quantitative estimate of drug-likeness (QED) is 0.905. The van der Waals surface area contributed by atoms with Crippen molar-refractivity contribution in [2.24, 2.45) is 0 Å². The lowest BCUT2D eigenvalue weighted by atomic mass is 9.93. The van der Waals surface area contributed by atoms with Gasteiger partial charge in [0.1, 0.15) is 5.41 Å². The largest absolute Gasteiger partial charge is 0.348 e. The number of nitrogens with one attached hydrogen (secondary N) is 1.